The number of hydrogen-bond acceptors (Lipinski definition) is 6. The van der Waals surface area contributed by atoms with E-state index in [-0.39, 0.29) is 12.4 Å². The second-order valence-electron chi connectivity index (χ2n) is 5.86. The molecule has 1 heterocycles. The van der Waals surface area contributed by atoms with Crippen molar-refractivity contribution in [2.75, 3.05) is 19.0 Å². The third-order valence-electron chi connectivity index (χ3n) is 3.95. The van der Waals surface area contributed by atoms with Crippen LogP contribution in [0.1, 0.15) is 33.4 Å². The number of amides is 1. The molecule has 0 aliphatic heterocycles. The van der Waals surface area contributed by atoms with E-state index in [4.69, 9.17) is 9.47 Å². The Balaban J connectivity index is 1.92. The van der Waals surface area contributed by atoms with Crippen molar-refractivity contribution in [2.45, 2.75) is 13.3 Å². The molecule has 1 aromatic heterocycles. The normalized spacial score (nSPS) is 10.4. The van der Waals surface area contributed by atoms with E-state index in [0.717, 1.165) is 16.9 Å². The molecule has 3 rings (SSSR count). The zero-order valence-corrected chi connectivity index (χ0v) is 16.4. The molecule has 3 aromatic rings. The third-order valence-corrected chi connectivity index (χ3v) is 4.97. The Kier molecular flexibility index (Phi) is 6.39. The van der Waals surface area contributed by atoms with E-state index in [0.29, 0.717) is 33.4 Å². The maximum atomic E-state index is 13.1. The number of anilines is 1. The molecule has 0 atom stereocenters. The second-order valence-corrected chi connectivity index (χ2v) is 6.86. The summed E-state index contributed by atoms with van der Waals surface area (Å²) in [6, 6.07) is 16.7. The topological polar surface area (TPSA) is 77.5 Å². The van der Waals surface area contributed by atoms with Crippen molar-refractivity contribution in [3.8, 4) is 5.75 Å². The number of nitrogens with zero attached hydrogens (tertiary/aromatic N) is 1. The summed E-state index contributed by atoms with van der Waals surface area (Å²) in [5.41, 5.74) is 2.17. The number of thiazole rings is 1. The van der Waals surface area contributed by atoms with Crippen LogP contribution in [-0.2, 0) is 11.2 Å². The van der Waals surface area contributed by atoms with E-state index in [1.54, 1.807) is 38.3 Å². The molecular formula is C21H20N2O4S. The molecule has 1 N–H and O–H groups in total. The minimum absolute atomic E-state index is 0.150. The quantitative estimate of drug-likeness (QED) is 0.593. The SMILES string of the molecule is CCOC(=O)Nc1nc(Cc2ccccc2)c(C(=O)c2ccc(OC)cc2)s1. The molecule has 0 aliphatic rings. The van der Waals surface area contributed by atoms with Crippen LogP contribution >= 0.6 is 11.3 Å². The number of methoxy groups -OCH3 is 1. The number of benzene rings is 2. The summed E-state index contributed by atoms with van der Waals surface area (Å²) in [4.78, 5) is 29.8. The first-order valence-electron chi connectivity index (χ1n) is 8.77. The number of aromatic nitrogens is 1. The number of rotatable bonds is 7. The van der Waals surface area contributed by atoms with Gasteiger partial charge in [-0.15, -0.1) is 0 Å². The first kappa shape index (κ1) is 19.6. The molecule has 7 heteroatoms. The minimum atomic E-state index is -0.592. The van der Waals surface area contributed by atoms with Crippen LogP contribution in [0.4, 0.5) is 9.93 Å². The number of ketones is 1. The number of carbonyl (C=O) groups is 2. The highest BCUT2D eigenvalue weighted by atomic mass is 32.1. The van der Waals surface area contributed by atoms with Gasteiger partial charge in [0.1, 0.15) is 10.6 Å². The molecule has 0 fully saturated rings. The third kappa shape index (κ3) is 4.75. The Bertz CT molecular complexity index is 952. The van der Waals surface area contributed by atoms with Gasteiger partial charge in [-0.25, -0.2) is 9.78 Å². The molecule has 1 amide bonds. The van der Waals surface area contributed by atoms with Crippen LogP contribution in [0, 0.1) is 0 Å². The minimum Gasteiger partial charge on any atom is -0.497 e. The largest absolute Gasteiger partial charge is 0.497 e. The summed E-state index contributed by atoms with van der Waals surface area (Å²) in [5, 5.41) is 2.92. The smallest absolute Gasteiger partial charge is 0.413 e. The van der Waals surface area contributed by atoms with Gasteiger partial charge in [0, 0.05) is 12.0 Å². The lowest BCUT2D eigenvalue weighted by Crippen LogP contribution is -2.13. The van der Waals surface area contributed by atoms with Crippen molar-refractivity contribution in [1.82, 2.24) is 4.98 Å². The van der Waals surface area contributed by atoms with Gasteiger partial charge in [0.05, 0.1) is 19.4 Å². The predicted molar refractivity (Wildman–Crippen MR) is 108 cm³/mol. The summed E-state index contributed by atoms with van der Waals surface area (Å²) in [7, 11) is 1.57. The summed E-state index contributed by atoms with van der Waals surface area (Å²) in [6.07, 6.45) is -0.107. The molecule has 0 saturated heterocycles. The lowest BCUT2D eigenvalue weighted by Gasteiger charge is -2.04. The lowest BCUT2D eigenvalue weighted by molar-refractivity contribution is 0.104. The van der Waals surface area contributed by atoms with Crippen LogP contribution < -0.4 is 10.1 Å². The van der Waals surface area contributed by atoms with Gasteiger partial charge >= 0.3 is 6.09 Å². The highest BCUT2D eigenvalue weighted by Gasteiger charge is 2.21. The Labute approximate surface area is 167 Å². The molecule has 2 aromatic carbocycles. The van der Waals surface area contributed by atoms with Gasteiger partial charge in [0.2, 0.25) is 5.78 Å². The van der Waals surface area contributed by atoms with Crippen molar-refractivity contribution >= 4 is 28.3 Å². The van der Waals surface area contributed by atoms with Gasteiger partial charge in [0.15, 0.2) is 5.13 Å². The van der Waals surface area contributed by atoms with Crippen molar-refractivity contribution < 1.29 is 19.1 Å². The molecule has 0 unspecified atom stereocenters. The number of ether oxygens (including phenoxy) is 2. The number of nitrogens with one attached hydrogen (secondary N) is 1. The van der Waals surface area contributed by atoms with Gasteiger partial charge < -0.3 is 9.47 Å². The van der Waals surface area contributed by atoms with Crippen LogP contribution in [0.15, 0.2) is 54.6 Å². The molecule has 0 radical (unpaired) electrons. The average Bonchev–Trinajstić information content (AvgIpc) is 3.10. The van der Waals surface area contributed by atoms with E-state index >= 15 is 0 Å². The van der Waals surface area contributed by atoms with Gasteiger partial charge in [0.25, 0.3) is 0 Å². The van der Waals surface area contributed by atoms with E-state index < -0.39 is 6.09 Å². The van der Waals surface area contributed by atoms with Crippen LogP contribution in [-0.4, -0.2) is 30.6 Å². The van der Waals surface area contributed by atoms with Gasteiger partial charge in [-0.1, -0.05) is 41.7 Å². The maximum Gasteiger partial charge on any atom is 0.413 e. The Morgan fingerprint density at radius 2 is 1.79 bits per heavy atom. The molecule has 144 valence electrons. The van der Waals surface area contributed by atoms with Gasteiger partial charge in [-0.3, -0.25) is 10.1 Å². The fraction of sp³-hybridized carbons (Fsp3) is 0.190. The summed E-state index contributed by atoms with van der Waals surface area (Å²) < 4.78 is 10.0. The van der Waals surface area contributed by atoms with E-state index in [9.17, 15) is 9.59 Å². The molecule has 0 saturated carbocycles. The number of carbonyl (C=O) groups excluding carboxylic acids is 2. The highest BCUT2D eigenvalue weighted by Crippen LogP contribution is 2.28. The standard InChI is InChI=1S/C21H20N2O4S/c1-3-27-21(25)23-20-22-17(13-14-7-5-4-6-8-14)19(28-20)18(24)15-9-11-16(26-2)12-10-15/h4-12H,3,13H2,1-2H3,(H,22,23,25). The number of hydrogen-bond donors (Lipinski definition) is 1. The van der Waals surface area contributed by atoms with Crippen LogP contribution in [0.25, 0.3) is 0 Å². The molecule has 0 spiro atoms. The monoisotopic (exact) mass is 396 g/mol. The Hall–Kier alpha value is -3.19. The van der Waals surface area contributed by atoms with Crippen LogP contribution in [0.2, 0.25) is 0 Å². The van der Waals surface area contributed by atoms with Gasteiger partial charge in [-0.2, -0.15) is 0 Å². The fourth-order valence-corrected chi connectivity index (χ4v) is 3.55. The van der Waals surface area contributed by atoms with Crippen molar-refractivity contribution in [3.63, 3.8) is 0 Å². The van der Waals surface area contributed by atoms with E-state index in [1.807, 2.05) is 30.3 Å². The maximum absolute atomic E-state index is 13.1. The first-order chi connectivity index (χ1) is 13.6. The van der Waals surface area contributed by atoms with Crippen molar-refractivity contribution in [2.24, 2.45) is 0 Å². The first-order valence-corrected chi connectivity index (χ1v) is 9.58. The zero-order valence-electron chi connectivity index (χ0n) is 15.6. The molecule has 6 nitrogen and oxygen atoms in total. The van der Waals surface area contributed by atoms with E-state index in [2.05, 4.69) is 10.3 Å². The highest BCUT2D eigenvalue weighted by molar-refractivity contribution is 7.18. The second kappa shape index (κ2) is 9.14. The predicted octanol–water partition coefficient (Wildman–Crippen LogP) is 4.54. The summed E-state index contributed by atoms with van der Waals surface area (Å²) in [5.74, 6) is 0.526. The summed E-state index contributed by atoms with van der Waals surface area (Å²) >= 11 is 1.14. The lowest BCUT2D eigenvalue weighted by atomic mass is 10.0. The van der Waals surface area contributed by atoms with Crippen molar-refractivity contribution in [3.05, 3.63) is 76.3 Å². The molecule has 0 bridgehead atoms. The average molecular weight is 396 g/mol. The zero-order chi connectivity index (χ0) is 19.9. The van der Waals surface area contributed by atoms with Gasteiger partial charge in [-0.05, 0) is 36.8 Å². The van der Waals surface area contributed by atoms with Crippen LogP contribution in [0.3, 0.4) is 0 Å². The van der Waals surface area contributed by atoms with Crippen molar-refractivity contribution in [1.29, 1.82) is 0 Å². The molecule has 0 aliphatic carbocycles. The Morgan fingerprint density at radius 1 is 1.07 bits per heavy atom. The summed E-state index contributed by atoms with van der Waals surface area (Å²) in [6.45, 7) is 1.98. The van der Waals surface area contributed by atoms with E-state index in [1.165, 1.54) is 0 Å². The molecular weight excluding hydrogens is 376 g/mol. The Morgan fingerprint density at radius 3 is 2.43 bits per heavy atom. The molecule has 28 heavy (non-hydrogen) atoms. The van der Waals surface area contributed by atoms with Crippen LogP contribution in [0.5, 0.6) is 5.75 Å². The fourth-order valence-electron chi connectivity index (χ4n) is 2.62.